The van der Waals surface area contributed by atoms with Crippen molar-refractivity contribution in [2.24, 2.45) is 0 Å². The first kappa shape index (κ1) is 15.0. The van der Waals surface area contributed by atoms with E-state index in [9.17, 15) is 18.3 Å². The number of carbonyl (C=O) groups is 1. The van der Waals surface area contributed by atoms with Crippen LogP contribution in [0.2, 0.25) is 0 Å². The summed E-state index contributed by atoms with van der Waals surface area (Å²) in [7, 11) is -3.34. The minimum absolute atomic E-state index is 0.168. The average molecular weight is 297 g/mol. The normalized spacial score (nSPS) is 18.6. The van der Waals surface area contributed by atoms with E-state index in [1.54, 1.807) is 18.2 Å². The molecule has 6 heteroatoms. The van der Waals surface area contributed by atoms with Crippen molar-refractivity contribution in [3.05, 3.63) is 34.9 Å². The van der Waals surface area contributed by atoms with E-state index < -0.39 is 21.2 Å². The Balaban J connectivity index is 2.38. The Morgan fingerprint density at radius 3 is 2.70 bits per heavy atom. The number of rotatable bonds is 3. The van der Waals surface area contributed by atoms with Crippen LogP contribution in [0.15, 0.2) is 18.2 Å². The molecule has 2 rings (SSSR count). The number of aliphatic hydroxyl groups is 1. The van der Waals surface area contributed by atoms with E-state index >= 15 is 0 Å². The number of aliphatic hydroxyl groups excluding tert-OH is 1. The average Bonchev–Trinajstić information content (AvgIpc) is 2.58. The molecule has 0 saturated carbocycles. The fraction of sp³-hybridized carbons (Fsp3) is 0.500. The van der Waals surface area contributed by atoms with Crippen LogP contribution in [0.3, 0.4) is 0 Å². The number of amides is 1. The van der Waals surface area contributed by atoms with Crippen LogP contribution in [-0.2, 0) is 16.3 Å². The summed E-state index contributed by atoms with van der Waals surface area (Å²) in [5.74, 6) is -0.168. The zero-order chi connectivity index (χ0) is 14.9. The second-order valence-electron chi connectivity index (χ2n) is 5.26. The van der Waals surface area contributed by atoms with Crippen molar-refractivity contribution in [3.63, 3.8) is 0 Å². The van der Waals surface area contributed by atoms with Gasteiger partial charge in [0.2, 0.25) is 0 Å². The van der Waals surface area contributed by atoms with Crippen LogP contribution in [-0.4, -0.2) is 37.5 Å². The molecule has 5 nitrogen and oxygen atoms in total. The molecular weight excluding hydrogens is 278 g/mol. The third kappa shape index (κ3) is 3.02. The van der Waals surface area contributed by atoms with Crippen molar-refractivity contribution in [1.82, 2.24) is 5.32 Å². The van der Waals surface area contributed by atoms with Gasteiger partial charge in [-0.25, -0.2) is 8.42 Å². The zero-order valence-corrected chi connectivity index (χ0v) is 12.4. The number of nitrogens with one attached hydrogen (secondary N) is 1. The maximum absolute atomic E-state index is 11.9. The van der Waals surface area contributed by atoms with Crippen molar-refractivity contribution in [2.45, 2.75) is 31.1 Å². The predicted octanol–water partition coefficient (Wildman–Crippen LogP) is 0.829. The highest BCUT2D eigenvalue weighted by Crippen LogP contribution is 2.25. The largest absolute Gasteiger partial charge is 0.387 e. The van der Waals surface area contributed by atoms with Gasteiger partial charge in [0.1, 0.15) is 0 Å². The van der Waals surface area contributed by atoms with Gasteiger partial charge in [-0.05, 0) is 37.0 Å². The van der Waals surface area contributed by atoms with Gasteiger partial charge in [-0.2, -0.15) is 0 Å². The molecule has 1 aliphatic heterocycles. The highest BCUT2D eigenvalue weighted by molar-refractivity contribution is 7.91. The molecule has 0 spiro atoms. The Labute approximate surface area is 118 Å². The van der Waals surface area contributed by atoms with Gasteiger partial charge in [0.05, 0.1) is 11.4 Å². The molecule has 0 radical (unpaired) electrons. The van der Waals surface area contributed by atoms with E-state index in [4.69, 9.17) is 0 Å². The summed E-state index contributed by atoms with van der Waals surface area (Å²) in [4.78, 5) is 11.9. The van der Waals surface area contributed by atoms with Gasteiger partial charge in [-0.1, -0.05) is 12.1 Å². The van der Waals surface area contributed by atoms with Crippen LogP contribution in [0, 0.1) is 0 Å². The van der Waals surface area contributed by atoms with Crippen molar-refractivity contribution >= 4 is 15.7 Å². The third-order valence-corrected chi connectivity index (χ3v) is 5.36. The zero-order valence-electron chi connectivity index (χ0n) is 11.6. The standard InChI is InChI=1S/C14H19NO4S/c1-9(20(2,18)19)13(16)11-6-5-10-4-3-7-15-14(17)12(10)8-11/h5-6,8-9,13,16H,3-4,7H2,1-2H3,(H,15,17). The Hall–Kier alpha value is -1.40. The number of hydrogen-bond donors (Lipinski definition) is 2. The van der Waals surface area contributed by atoms with Gasteiger partial charge in [0.15, 0.2) is 9.84 Å². The second-order valence-corrected chi connectivity index (χ2v) is 7.66. The molecule has 20 heavy (non-hydrogen) atoms. The van der Waals surface area contributed by atoms with Gasteiger partial charge in [-0.3, -0.25) is 4.79 Å². The molecule has 0 aromatic heterocycles. The molecule has 1 heterocycles. The van der Waals surface area contributed by atoms with Gasteiger partial charge < -0.3 is 10.4 Å². The van der Waals surface area contributed by atoms with Gasteiger partial charge >= 0.3 is 0 Å². The summed E-state index contributed by atoms with van der Waals surface area (Å²) < 4.78 is 23.0. The Morgan fingerprint density at radius 1 is 1.35 bits per heavy atom. The second kappa shape index (κ2) is 5.54. The van der Waals surface area contributed by atoms with E-state index in [2.05, 4.69) is 5.32 Å². The van der Waals surface area contributed by atoms with Crippen molar-refractivity contribution in [3.8, 4) is 0 Å². The maximum atomic E-state index is 11.9. The Morgan fingerprint density at radius 2 is 2.05 bits per heavy atom. The monoisotopic (exact) mass is 297 g/mol. The number of fused-ring (bicyclic) bond motifs is 1. The van der Waals surface area contributed by atoms with Crippen molar-refractivity contribution < 1.29 is 18.3 Å². The molecular formula is C14H19NO4S. The summed E-state index contributed by atoms with van der Waals surface area (Å²) in [5, 5.41) is 12.1. The van der Waals surface area contributed by atoms with E-state index in [0.717, 1.165) is 24.7 Å². The first-order valence-electron chi connectivity index (χ1n) is 6.58. The quantitative estimate of drug-likeness (QED) is 0.865. The summed E-state index contributed by atoms with van der Waals surface area (Å²) >= 11 is 0. The van der Waals surface area contributed by atoms with Crippen LogP contribution in [0.25, 0.3) is 0 Å². The molecule has 0 aliphatic carbocycles. The van der Waals surface area contributed by atoms with E-state index in [0.29, 0.717) is 17.7 Å². The van der Waals surface area contributed by atoms with E-state index in [1.165, 1.54) is 6.92 Å². The lowest BCUT2D eigenvalue weighted by Crippen LogP contribution is -2.25. The Bertz CT molecular complexity index is 624. The van der Waals surface area contributed by atoms with Gasteiger partial charge in [0, 0.05) is 18.4 Å². The smallest absolute Gasteiger partial charge is 0.251 e. The third-order valence-electron chi connectivity index (χ3n) is 3.75. The first-order valence-corrected chi connectivity index (χ1v) is 8.54. The van der Waals surface area contributed by atoms with Crippen LogP contribution in [0.1, 0.15) is 40.9 Å². The molecule has 2 atom stereocenters. The Kier molecular flexibility index (Phi) is 4.15. The number of sulfone groups is 1. The fourth-order valence-corrected chi connectivity index (χ4v) is 2.91. The first-order chi connectivity index (χ1) is 9.30. The topological polar surface area (TPSA) is 83.5 Å². The van der Waals surface area contributed by atoms with Crippen LogP contribution >= 0.6 is 0 Å². The maximum Gasteiger partial charge on any atom is 0.251 e. The van der Waals surface area contributed by atoms with Gasteiger partial charge in [-0.15, -0.1) is 0 Å². The van der Waals surface area contributed by atoms with Crippen molar-refractivity contribution in [2.75, 3.05) is 12.8 Å². The van der Waals surface area contributed by atoms with Crippen molar-refractivity contribution in [1.29, 1.82) is 0 Å². The molecule has 1 aromatic carbocycles. The minimum atomic E-state index is -3.34. The summed E-state index contributed by atoms with van der Waals surface area (Å²) in [6, 6.07) is 5.10. The highest BCUT2D eigenvalue weighted by Gasteiger charge is 2.26. The number of hydrogen-bond acceptors (Lipinski definition) is 4. The van der Waals surface area contributed by atoms with Crippen LogP contribution in [0.5, 0.6) is 0 Å². The summed E-state index contributed by atoms with van der Waals surface area (Å²) in [5.41, 5.74) is 1.92. The lowest BCUT2D eigenvalue weighted by molar-refractivity contribution is 0.0955. The predicted molar refractivity (Wildman–Crippen MR) is 76.4 cm³/mol. The SMILES string of the molecule is CC(C(O)c1ccc2c(c1)C(=O)NCCC2)S(C)(=O)=O. The fourth-order valence-electron chi connectivity index (χ4n) is 2.29. The molecule has 2 unspecified atom stereocenters. The molecule has 110 valence electrons. The number of carbonyl (C=O) groups excluding carboxylic acids is 1. The lowest BCUT2D eigenvalue weighted by atomic mass is 9.97. The molecule has 1 aliphatic rings. The van der Waals surface area contributed by atoms with Crippen LogP contribution < -0.4 is 5.32 Å². The summed E-state index contributed by atoms with van der Waals surface area (Å²) in [6.45, 7) is 2.09. The lowest BCUT2D eigenvalue weighted by Gasteiger charge is -2.18. The molecule has 0 saturated heterocycles. The summed E-state index contributed by atoms with van der Waals surface area (Å²) in [6.07, 6.45) is 1.63. The van der Waals surface area contributed by atoms with E-state index in [-0.39, 0.29) is 5.91 Å². The number of aryl methyl sites for hydroxylation is 1. The molecule has 0 bridgehead atoms. The molecule has 2 N–H and O–H groups in total. The van der Waals surface area contributed by atoms with E-state index in [1.807, 2.05) is 0 Å². The highest BCUT2D eigenvalue weighted by atomic mass is 32.2. The minimum Gasteiger partial charge on any atom is -0.387 e. The molecule has 1 aromatic rings. The molecule has 1 amide bonds. The van der Waals surface area contributed by atoms with Gasteiger partial charge in [0.25, 0.3) is 5.91 Å². The van der Waals surface area contributed by atoms with Crippen LogP contribution in [0.4, 0.5) is 0 Å². The number of benzene rings is 1. The molecule has 0 fully saturated rings.